The lowest BCUT2D eigenvalue weighted by Gasteiger charge is -2.24. The molecule has 2 aromatic heterocycles. The Hall–Kier alpha value is -1.94. The molecule has 0 bridgehead atoms. The topological polar surface area (TPSA) is 61.0 Å². The largest absolute Gasteiger partial charge is 0.384 e. The average molecular weight is 368 g/mol. The van der Waals surface area contributed by atoms with Crippen molar-refractivity contribution in [1.82, 2.24) is 9.97 Å². The van der Waals surface area contributed by atoms with Gasteiger partial charge in [-0.25, -0.2) is 4.98 Å². The Bertz CT molecular complexity index is 726. The molecule has 1 aliphatic rings. The number of nitrogen functional groups attached to an aromatic ring is 1. The summed E-state index contributed by atoms with van der Waals surface area (Å²) >= 11 is 0. The summed E-state index contributed by atoms with van der Waals surface area (Å²) in [6, 6.07) is 8.31. The molecule has 1 unspecified atom stereocenters. The van der Waals surface area contributed by atoms with Gasteiger partial charge in [-0.3, -0.25) is 4.98 Å². The third kappa shape index (κ3) is 6.03. The van der Waals surface area contributed by atoms with Crippen molar-refractivity contribution < 1.29 is 4.74 Å². The average Bonchev–Trinajstić information content (AvgIpc) is 3.00. The maximum atomic E-state index is 6.44. The summed E-state index contributed by atoms with van der Waals surface area (Å²) in [6.07, 6.45) is 10.4. The molecule has 0 saturated heterocycles. The molecule has 0 aliphatic heterocycles. The summed E-state index contributed by atoms with van der Waals surface area (Å²) in [5.41, 5.74) is 10.7. The Labute approximate surface area is 163 Å². The van der Waals surface area contributed by atoms with Crippen LogP contribution in [0.3, 0.4) is 0 Å². The molecule has 2 aromatic rings. The summed E-state index contributed by atoms with van der Waals surface area (Å²) in [5, 5.41) is 0. The number of hydrogen-bond acceptors (Lipinski definition) is 4. The SMILES string of the molecule is Cc1ccnc(CCCC(C)O[C@H]2CCC[C@H]2Cc2cc(C)cc(N)n2)c1. The summed E-state index contributed by atoms with van der Waals surface area (Å²) in [5.74, 6) is 1.18. The van der Waals surface area contributed by atoms with E-state index in [0.717, 1.165) is 37.8 Å². The van der Waals surface area contributed by atoms with E-state index < -0.39 is 0 Å². The Morgan fingerprint density at radius 1 is 1.15 bits per heavy atom. The van der Waals surface area contributed by atoms with E-state index in [0.29, 0.717) is 17.8 Å². The molecule has 1 saturated carbocycles. The van der Waals surface area contributed by atoms with Gasteiger partial charge in [-0.05, 0) is 101 Å². The van der Waals surface area contributed by atoms with Gasteiger partial charge in [0, 0.05) is 17.6 Å². The number of nitrogens with two attached hydrogens (primary N) is 1. The van der Waals surface area contributed by atoms with Gasteiger partial charge < -0.3 is 10.5 Å². The van der Waals surface area contributed by atoms with Crippen molar-refractivity contribution in [3.05, 3.63) is 53.0 Å². The van der Waals surface area contributed by atoms with Crippen LogP contribution in [0.4, 0.5) is 5.82 Å². The van der Waals surface area contributed by atoms with Crippen molar-refractivity contribution in [1.29, 1.82) is 0 Å². The Kier molecular flexibility index (Phi) is 6.84. The van der Waals surface area contributed by atoms with Gasteiger partial charge in [-0.1, -0.05) is 6.42 Å². The second-order valence-electron chi connectivity index (χ2n) is 8.16. The summed E-state index contributed by atoms with van der Waals surface area (Å²) in [7, 11) is 0. The first-order valence-corrected chi connectivity index (χ1v) is 10.3. The van der Waals surface area contributed by atoms with E-state index in [1.807, 2.05) is 18.3 Å². The lowest BCUT2D eigenvalue weighted by molar-refractivity contribution is -0.0263. The number of ether oxygens (including phenoxy) is 1. The lowest BCUT2D eigenvalue weighted by atomic mass is 9.98. The summed E-state index contributed by atoms with van der Waals surface area (Å²) in [4.78, 5) is 8.97. The van der Waals surface area contributed by atoms with Crippen molar-refractivity contribution in [3.63, 3.8) is 0 Å². The minimum atomic E-state index is 0.288. The van der Waals surface area contributed by atoms with Crippen LogP contribution >= 0.6 is 0 Å². The molecule has 3 atom stereocenters. The van der Waals surface area contributed by atoms with E-state index in [-0.39, 0.29) is 6.10 Å². The van der Waals surface area contributed by atoms with E-state index in [4.69, 9.17) is 10.5 Å². The number of aromatic nitrogens is 2. The van der Waals surface area contributed by atoms with E-state index in [1.165, 1.54) is 29.7 Å². The maximum absolute atomic E-state index is 6.44. The predicted octanol–water partition coefficient (Wildman–Crippen LogP) is 4.81. The third-order valence-corrected chi connectivity index (χ3v) is 5.53. The first-order valence-electron chi connectivity index (χ1n) is 10.3. The van der Waals surface area contributed by atoms with E-state index in [9.17, 15) is 0 Å². The number of aryl methyl sites for hydroxylation is 3. The fourth-order valence-electron chi connectivity index (χ4n) is 4.23. The maximum Gasteiger partial charge on any atom is 0.123 e. The number of anilines is 1. The predicted molar refractivity (Wildman–Crippen MR) is 111 cm³/mol. The fraction of sp³-hybridized carbons (Fsp3) is 0.565. The summed E-state index contributed by atoms with van der Waals surface area (Å²) < 4.78 is 6.44. The molecule has 0 spiro atoms. The molecule has 4 nitrogen and oxygen atoms in total. The van der Waals surface area contributed by atoms with E-state index in [2.05, 4.69) is 42.9 Å². The molecular formula is C23H33N3O. The second kappa shape index (κ2) is 9.32. The molecule has 1 fully saturated rings. The van der Waals surface area contributed by atoms with Gasteiger partial charge in [-0.2, -0.15) is 0 Å². The smallest absolute Gasteiger partial charge is 0.123 e. The van der Waals surface area contributed by atoms with Crippen LogP contribution in [0.1, 0.15) is 61.5 Å². The third-order valence-electron chi connectivity index (χ3n) is 5.53. The van der Waals surface area contributed by atoms with Crippen LogP contribution in [0.25, 0.3) is 0 Å². The van der Waals surface area contributed by atoms with Crippen molar-refractivity contribution in [2.75, 3.05) is 5.73 Å². The lowest BCUT2D eigenvalue weighted by Crippen LogP contribution is -2.25. The van der Waals surface area contributed by atoms with Crippen LogP contribution < -0.4 is 5.73 Å². The molecule has 2 N–H and O–H groups in total. The molecule has 27 heavy (non-hydrogen) atoms. The number of hydrogen-bond donors (Lipinski definition) is 1. The highest BCUT2D eigenvalue weighted by atomic mass is 16.5. The Morgan fingerprint density at radius 2 is 1.96 bits per heavy atom. The molecule has 2 heterocycles. The number of rotatable bonds is 8. The zero-order chi connectivity index (χ0) is 19.2. The van der Waals surface area contributed by atoms with Gasteiger partial charge in [0.1, 0.15) is 5.82 Å². The van der Waals surface area contributed by atoms with Gasteiger partial charge in [-0.15, -0.1) is 0 Å². The van der Waals surface area contributed by atoms with Crippen LogP contribution in [-0.4, -0.2) is 22.2 Å². The van der Waals surface area contributed by atoms with Crippen LogP contribution in [0, 0.1) is 19.8 Å². The minimum Gasteiger partial charge on any atom is -0.384 e. The molecule has 0 amide bonds. The van der Waals surface area contributed by atoms with Gasteiger partial charge in [0.15, 0.2) is 0 Å². The molecular weight excluding hydrogens is 334 g/mol. The van der Waals surface area contributed by atoms with E-state index >= 15 is 0 Å². The molecule has 4 heteroatoms. The van der Waals surface area contributed by atoms with Crippen LogP contribution in [0.5, 0.6) is 0 Å². The molecule has 1 aliphatic carbocycles. The second-order valence-corrected chi connectivity index (χ2v) is 8.16. The molecule has 0 radical (unpaired) electrons. The van der Waals surface area contributed by atoms with E-state index in [1.54, 1.807) is 0 Å². The highest BCUT2D eigenvalue weighted by Crippen LogP contribution is 2.32. The van der Waals surface area contributed by atoms with Crippen molar-refractivity contribution >= 4 is 5.82 Å². The number of pyridine rings is 2. The zero-order valence-electron chi connectivity index (χ0n) is 16.9. The van der Waals surface area contributed by atoms with Gasteiger partial charge in [0.25, 0.3) is 0 Å². The highest BCUT2D eigenvalue weighted by molar-refractivity contribution is 5.34. The quantitative estimate of drug-likeness (QED) is 0.727. The Balaban J connectivity index is 1.47. The highest BCUT2D eigenvalue weighted by Gasteiger charge is 2.29. The van der Waals surface area contributed by atoms with Gasteiger partial charge in [0.05, 0.1) is 12.2 Å². The van der Waals surface area contributed by atoms with Crippen LogP contribution in [0.2, 0.25) is 0 Å². The number of nitrogens with zero attached hydrogens (tertiary/aromatic N) is 2. The van der Waals surface area contributed by atoms with Crippen molar-refractivity contribution in [2.45, 2.75) is 77.9 Å². The molecule has 3 rings (SSSR count). The van der Waals surface area contributed by atoms with Gasteiger partial charge in [0.2, 0.25) is 0 Å². The Morgan fingerprint density at radius 3 is 2.74 bits per heavy atom. The van der Waals surface area contributed by atoms with Crippen molar-refractivity contribution in [3.8, 4) is 0 Å². The monoisotopic (exact) mass is 367 g/mol. The first kappa shape index (κ1) is 19.8. The van der Waals surface area contributed by atoms with Crippen molar-refractivity contribution in [2.24, 2.45) is 5.92 Å². The minimum absolute atomic E-state index is 0.288. The van der Waals surface area contributed by atoms with Crippen LogP contribution in [-0.2, 0) is 17.6 Å². The standard InChI is InChI=1S/C23H33N3O/c1-16-10-11-25-20(12-16)8-4-6-18(3)27-22-9-5-7-19(22)15-21-13-17(2)14-23(24)26-21/h10-14,18-19,22H,4-9,15H2,1-3H3,(H2,24,26)/t18?,19-,22-/m0/s1. The normalized spacial score (nSPS) is 20.7. The fourth-order valence-corrected chi connectivity index (χ4v) is 4.23. The molecule has 0 aromatic carbocycles. The summed E-state index contributed by atoms with van der Waals surface area (Å²) in [6.45, 7) is 6.41. The van der Waals surface area contributed by atoms with Crippen LogP contribution in [0.15, 0.2) is 30.5 Å². The van der Waals surface area contributed by atoms with Gasteiger partial charge >= 0.3 is 0 Å². The first-order chi connectivity index (χ1) is 13.0. The zero-order valence-corrected chi connectivity index (χ0v) is 16.9. The molecule has 146 valence electrons.